The highest BCUT2D eigenvalue weighted by Crippen LogP contribution is 2.33. The Hall–Kier alpha value is -2.96. The van der Waals surface area contributed by atoms with E-state index in [0.29, 0.717) is 32.1 Å². The van der Waals surface area contributed by atoms with Gasteiger partial charge >= 0.3 is 0 Å². The molecule has 1 aliphatic rings. The van der Waals surface area contributed by atoms with Crippen molar-refractivity contribution in [3.63, 3.8) is 0 Å². The third kappa shape index (κ3) is 4.42. The third-order valence-electron chi connectivity index (χ3n) is 4.38. The van der Waals surface area contributed by atoms with Crippen LogP contribution in [0.1, 0.15) is 35.5 Å². The van der Waals surface area contributed by atoms with E-state index in [1.54, 1.807) is 17.0 Å². The topological polar surface area (TPSA) is 81.0 Å². The maximum atomic E-state index is 12.5. The van der Waals surface area contributed by atoms with Crippen LogP contribution in [0.5, 0.6) is 11.5 Å². The second-order valence-corrected chi connectivity index (χ2v) is 6.16. The molecule has 7 nitrogen and oxygen atoms in total. The smallest absolute Gasteiger partial charge is 0.287 e. The van der Waals surface area contributed by atoms with Crippen molar-refractivity contribution in [3.8, 4) is 11.5 Å². The van der Waals surface area contributed by atoms with Gasteiger partial charge in [-0.1, -0.05) is 0 Å². The summed E-state index contributed by atoms with van der Waals surface area (Å²) < 4.78 is 16.4. The Morgan fingerprint density at radius 2 is 1.85 bits per heavy atom. The number of nitrogens with zero attached hydrogens (tertiary/aromatic N) is 1. The van der Waals surface area contributed by atoms with Gasteiger partial charge in [-0.15, -0.1) is 0 Å². The van der Waals surface area contributed by atoms with Crippen LogP contribution in [0.2, 0.25) is 0 Å². The first kappa shape index (κ1) is 18.8. The Bertz CT molecular complexity index is 801. The van der Waals surface area contributed by atoms with E-state index in [2.05, 4.69) is 5.32 Å². The zero-order chi connectivity index (χ0) is 19.2. The minimum Gasteiger partial charge on any atom is -0.490 e. The number of carbonyl (C=O) groups excluding carboxylic acids is 2. The summed E-state index contributed by atoms with van der Waals surface area (Å²) in [5, 5.41) is 2.60. The summed E-state index contributed by atoms with van der Waals surface area (Å²) in [6.07, 6.45) is 2.16. The molecule has 2 amide bonds. The normalized spacial score (nSPS) is 13.0. The van der Waals surface area contributed by atoms with Crippen LogP contribution in [0, 0.1) is 0 Å². The fourth-order valence-electron chi connectivity index (χ4n) is 3.08. The minimum absolute atomic E-state index is 0.0653. The van der Waals surface area contributed by atoms with Gasteiger partial charge in [0.15, 0.2) is 17.3 Å². The summed E-state index contributed by atoms with van der Waals surface area (Å²) in [5.74, 6) is 1.09. The first-order valence-corrected chi connectivity index (χ1v) is 9.13. The van der Waals surface area contributed by atoms with E-state index in [9.17, 15) is 9.59 Å². The molecule has 0 bridgehead atoms. The Labute approximate surface area is 158 Å². The molecular formula is C20H24N2O5. The van der Waals surface area contributed by atoms with Crippen molar-refractivity contribution in [1.29, 1.82) is 0 Å². The van der Waals surface area contributed by atoms with Gasteiger partial charge in [-0.3, -0.25) is 9.59 Å². The van der Waals surface area contributed by atoms with Gasteiger partial charge in [-0.2, -0.15) is 0 Å². The fourth-order valence-corrected chi connectivity index (χ4v) is 3.08. The number of hydrogen-bond donors (Lipinski definition) is 1. The molecule has 1 N–H and O–H groups in total. The van der Waals surface area contributed by atoms with Crippen LogP contribution in [-0.2, 0) is 17.8 Å². The largest absolute Gasteiger partial charge is 0.490 e. The van der Waals surface area contributed by atoms with E-state index < -0.39 is 5.91 Å². The average Bonchev–Trinajstić information content (AvgIpc) is 3.21. The van der Waals surface area contributed by atoms with E-state index in [4.69, 9.17) is 13.9 Å². The van der Waals surface area contributed by atoms with E-state index in [1.807, 2.05) is 26.0 Å². The maximum Gasteiger partial charge on any atom is 0.287 e. The molecule has 0 saturated carbocycles. The standard InChI is InChI=1S/C20H24N2O5/c1-3-25-17-10-14-7-8-22(13-15(14)11-18(17)26-4-2)19(23)12-21-20(24)16-6-5-9-27-16/h5-6,9-11H,3-4,7-8,12-13H2,1-2H3,(H,21,24). The van der Waals surface area contributed by atoms with Crippen LogP contribution in [0.3, 0.4) is 0 Å². The zero-order valence-electron chi connectivity index (χ0n) is 15.6. The molecule has 0 saturated heterocycles. The monoisotopic (exact) mass is 372 g/mol. The SMILES string of the molecule is CCOc1cc2c(cc1OCC)CN(C(=O)CNC(=O)c1ccco1)CC2. The van der Waals surface area contributed by atoms with Crippen molar-refractivity contribution in [2.75, 3.05) is 26.3 Å². The average molecular weight is 372 g/mol. The van der Waals surface area contributed by atoms with Crippen LogP contribution in [0.25, 0.3) is 0 Å². The van der Waals surface area contributed by atoms with E-state index in [0.717, 1.165) is 23.3 Å². The molecule has 7 heteroatoms. The summed E-state index contributed by atoms with van der Waals surface area (Å²) in [4.78, 5) is 26.1. The lowest BCUT2D eigenvalue weighted by atomic mass is 9.98. The van der Waals surface area contributed by atoms with Gasteiger partial charge in [0, 0.05) is 13.1 Å². The second-order valence-electron chi connectivity index (χ2n) is 6.16. The molecule has 27 heavy (non-hydrogen) atoms. The van der Waals surface area contributed by atoms with Crippen molar-refractivity contribution in [2.45, 2.75) is 26.8 Å². The Balaban J connectivity index is 1.65. The van der Waals surface area contributed by atoms with Crippen molar-refractivity contribution < 1.29 is 23.5 Å². The minimum atomic E-state index is -0.397. The first-order valence-electron chi connectivity index (χ1n) is 9.13. The Kier molecular flexibility index (Phi) is 6.01. The number of ether oxygens (including phenoxy) is 2. The highest BCUT2D eigenvalue weighted by atomic mass is 16.5. The molecule has 0 unspecified atom stereocenters. The molecule has 0 radical (unpaired) electrons. The van der Waals surface area contributed by atoms with Crippen molar-refractivity contribution in [2.24, 2.45) is 0 Å². The van der Waals surface area contributed by atoms with Crippen molar-refractivity contribution in [3.05, 3.63) is 47.4 Å². The van der Waals surface area contributed by atoms with Gasteiger partial charge in [0.1, 0.15) is 0 Å². The van der Waals surface area contributed by atoms with Crippen molar-refractivity contribution in [1.82, 2.24) is 10.2 Å². The Morgan fingerprint density at radius 3 is 2.48 bits per heavy atom. The number of amides is 2. The van der Waals surface area contributed by atoms with Crippen LogP contribution in [0.4, 0.5) is 0 Å². The number of nitrogens with one attached hydrogen (secondary N) is 1. The van der Waals surface area contributed by atoms with Crippen LogP contribution < -0.4 is 14.8 Å². The number of rotatable bonds is 7. The third-order valence-corrected chi connectivity index (χ3v) is 4.38. The molecule has 1 aromatic carbocycles. The molecule has 0 spiro atoms. The molecule has 144 valence electrons. The van der Waals surface area contributed by atoms with Crippen LogP contribution in [0.15, 0.2) is 34.9 Å². The summed E-state index contributed by atoms with van der Waals surface area (Å²) in [6, 6.07) is 7.14. The lowest BCUT2D eigenvalue weighted by Crippen LogP contribution is -2.42. The van der Waals surface area contributed by atoms with Gasteiger partial charge in [0.25, 0.3) is 5.91 Å². The number of carbonyl (C=O) groups is 2. The fraction of sp³-hybridized carbons (Fsp3) is 0.400. The quantitative estimate of drug-likeness (QED) is 0.807. The predicted molar refractivity (Wildman–Crippen MR) is 98.9 cm³/mol. The second kappa shape index (κ2) is 8.62. The molecule has 0 fully saturated rings. The highest BCUT2D eigenvalue weighted by Gasteiger charge is 2.23. The molecular weight excluding hydrogens is 348 g/mol. The summed E-state index contributed by atoms with van der Waals surface area (Å²) in [7, 11) is 0. The van der Waals surface area contributed by atoms with Gasteiger partial charge in [-0.25, -0.2) is 0 Å². The van der Waals surface area contributed by atoms with E-state index >= 15 is 0 Å². The molecule has 1 aromatic heterocycles. The summed E-state index contributed by atoms with van der Waals surface area (Å²) >= 11 is 0. The molecule has 3 rings (SSSR count). The number of furan rings is 1. The van der Waals surface area contributed by atoms with Crippen LogP contribution >= 0.6 is 0 Å². The summed E-state index contributed by atoms with van der Waals surface area (Å²) in [6.45, 7) is 5.99. The maximum absolute atomic E-state index is 12.5. The Morgan fingerprint density at radius 1 is 1.15 bits per heavy atom. The van der Waals surface area contributed by atoms with E-state index in [-0.39, 0.29) is 18.2 Å². The molecule has 0 aliphatic carbocycles. The molecule has 0 atom stereocenters. The highest BCUT2D eigenvalue weighted by molar-refractivity contribution is 5.94. The van der Waals surface area contributed by atoms with Gasteiger partial charge in [-0.05, 0) is 55.7 Å². The van der Waals surface area contributed by atoms with Gasteiger partial charge in [0.05, 0.1) is 26.0 Å². The van der Waals surface area contributed by atoms with Crippen LogP contribution in [-0.4, -0.2) is 43.0 Å². The summed E-state index contributed by atoms with van der Waals surface area (Å²) in [5.41, 5.74) is 2.20. The van der Waals surface area contributed by atoms with E-state index in [1.165, 1.54) is 6.26 Å². The molecule has 2 heterocycles. The van der Waals surface area contributed by atoms with Crippen molar-refractivity contribution >= 4 is 11.8 Å². The molecule has 2 aromatic rings. The first-order chi connectivity index (χ1) is 13.1. The molecule has 1 aliphatic heterocycles. The number of hydrogen-bond acceptors (Lipinski definition) is 5. The van der Waals surface area contributed by atoms with Gasteiger partial charge in [0.2, 0.25) is 5.91 Å². The lowest BCUT2D eigenvalue weighted by Gasteiger charge is -2.30. The number of benzene rings is 1. The lowest BCUT2D eigenvalue weighted by molar-refractivity contribution is -0.131. The zero-order valence-corrected chi connectivity index (χ0v) is 15.6. The number of fused-ring (bicyclic) bond motifs is 1. The predicted octanol–water partition coefficient (Wildman–Crippen LogP) is 2.39. The van der Waals surface area contributed by atoms with Gasteiger partial charge < -0.3 is 24.1 Å².